The van der Waals surface area contributed by atoms with Crippen LogP contribution in [0.1, 0.15) is 39.2 Å². The summed E-state index contributed by atoms with van der Waals surface area (Å²) in [6, 6.07) is 9.21. The van der Waals surface area contributed by atoms with Crippen LogP contribution in [0.4, 0.5) is 4.79 Å². The smallest absolute Gasteiger partial charge is 0.328 e. The maximum absolute atomic E-state index is 12.1. The van der Waals surface area contributed by atoms with E-state index in [-0.39, 0.29) is 18.0 Å². The van der Waals surface area contributed by atoms with Crippen LogP contribution >= 0.6 is 0 Å². The Morgan fingerprint density at radius 1 is 1.13 bits per heavy atom. The largest absolute Gasteiger partial charge is 0.467 e. The minimum absolute atomic E-state index is 0.0189. The Kier molecular flexibility index (Phi) is 8.16. The molecule has 0 saturated heterocycles. The summed E-state index contributed by atoms with van der Waals surface area (Å²) in [6.45, 7) is 5.85. The van der Waals surface area contributed by atoms with E-state index in [0.717, 1.165) is 19.3 Å². The number of ether oxygens (including phenoxy) is 1. The summed E-state index contributed by atoms with van der Waals surface area (Å²) in [5.74, 6) is -0.390. The van der Waals surface area contributed by atoms with Crippen LogP contribution in [-0.4, -0.2) is 31.2 Å². The van der Waals surface area contributed by atoms with Crippen molar-refractivity contribution in [3.63, 3.8) is 0 Å². The van der Waals surface area contributed by atoms with Gasteiger partial charge in [-0.1, -0.05) is 50.6 Å². The van der Waals surface area contributed by atoms with Gasteiger partial charge in [-0.2, -0.15) is 0 Å². The van der Waals surface area contributed by atoms with Gasteiger partial charge >= 0.3 is 12.0 Å². The predicted octanol–water partition coefficient (Wildman–Crippen LogP) is 2.89. The highest BCUT2D eigenvalue weighted by Gasteiger charge is 2.26. The van der Waals surface area contributed by atoms with Crippen LogP contribution < -0.4 is 10.6 Å². The molecule has 1 rings (SSSR count). The highest BCUT2D eigenvalue weighted by Crippen LogP contribution is 2.09. The van der Waals surface area contributed by atoms with Gasteiger partial charge in [-0.3, -0.25) is 0 Å². The monoisotopic (exact) mass is 320 g/mol. The molecule has 23 heavy (non-hydrogen) atoms. The van der Waals surface area contributed by atoms with Crippen LogP contribution in [0.2, 0.25) is 0 Å². The van der Waals surface area contributed by atoms with Gasteiger partial charge in [-0.25, -0.2) is 9.59 Å². The average Bonchev–Trinajstić information content (AvgIpc) is 2.57. The molecule has 0 bridgehead atoms. The molecule has 2 amide bonds. The summed E-state index contributed by atoms with van der Waals surface area (Å²) in [5, 5.41) is 5.60. The first-order chi connectivity index (χ1) is 11.0. The van der Waals surface area contributed by atoms with Crippen molar-refractivity contribution in [2.45, 2.75) is 52.1 Å². The van der Waals surface area contributed by atoms with Crippen molar-refractivity contribution in [2.24, 2.45) is 5.92 Å². The van der Waals surface area contributed by atoms with Gasteiger partial charge in [0, 0.05) is 6.04 Å². The molecule has 0 aliphatic rings. The molecule has 128 valence electrons. The Morgan fingerprint density at radius 3 is 2.35 bits per heavy atom. The molecule has 0 aliphatic heterocycles. The number of carbonyl (C=O) groups excluding carboxylic acids is 2. The van der Waals surface area contributed by atoms with Gasteiger partial charge in [0.05, 0.1) is 7.11 Å². The number of carbonyl (C=O) groups is 2. The lowest BCUT2D eigenvalue weighted by Crippen LogP contribution is -2.51. The summed E-state index contributed by atoms with van der Waals surface area (Å²) in [7, 11) is 1.33. The van der Waals surface area contributed by atoms with E-state index in [2.05, 4.69) is 22.8 Å². The summed E-state index contributed by atoms with van der Waals surface area (Å²) < 4.78 is 4.77. The summed E-state index contributed by atoms with van der Waals surface area (Å²) in [5.41, 5.74) is 1.24. The molecule has 0 heterocycles. The third kappa shape index (κ3) is 6.72. The highest BCUT2D eigenvalue weighted by molar-refractivity contribution is 5.83. The van der Waals surface area contributed by atoms with Crippen LogP contribution in [0.15, 0.2) is 30.3 Å². The lowest BCUT2D eigenvalue weighted by atomic mass is 9.99. The molecule has 0 aromatic heterocycles. The zero-order valence-corrected chi connectivity index (χ0v) is 14.5. The molecule has 0 radical (unpaired) electrons. The van der Waals surface area contributed by atoms with Gasteiger partial charge in [-0.15, -0.1) is 0 Å². The predicted molar refractivity (Wildman–Crippen MR) is 91.2 cm³/mol. The lowest BCUT2D eigenvalue weighted by molar-refractivity contribution is -0.144. The topological polar surface area (TPSA) is 67.4 Å². The maximum atomic E-state index is 12.1. The molecule has 0 saturated carbocycles. The molecule has 1 aromatic carbocycles. The van der Waals surface area contributed by atoms with Gasteiger partial charge in [0.2, 0.25) is 0 Å². The van der Waals surface area contributed by atoms with E-state index < -0.39 is 12.0 Å². The fraction of sp³-hybridized carbons (Fsp3) is 0.556. The maximum Gasteiger partial charge on any atom is 0.328 e. The van der Waals surface area contributed by atoms with Crippen molar-refractivity contribution in [2.75, 3.05) is 7.11 Å². The third-order valence-electron chi connectivity index (χ3n) is 4.04. The molecule has 5 nitrogen and oxygen atoms in total. The molecular weight excluding hydrogens is 292 g/mol. The molecule has 0 fully saturated rings. The number of amides is 2. The van der Waals surface area contributed by atoms with Gasteiger partial charge in [0.25, 0.3) is 0 Å². The van der Waals surface area contributed by atoms with Gasteiger partial charge in [-0.05, 0) is 31.2 Å². The quantitative estimate of drug-likeness (QED) is 0.724. The second kappa shape index (κ2) is 9.87. The first-order valence-electron chi connectivity index (χ1n) is 8.16. The van der Waals surface area contributed by atoms with Crippen molar-refractivity contribution in [3.8, 4) is 0 Å². The summed E-state index contributed by atoms with van der Waals surface area (Å²) >= 11 is 0. The Bertz CT molecular complexity index is 490. The molecule has 3 unspecified atom stereocenters. The van der Waals surface area contributed by atoms with Crippen molar-refractivity contribution in [1.82, 2.24) is 10.6 Å². The first-order valence-corrected chi connectivity index (χ1v) is 8.16. The fourth-order valence-electron chi connectivity index (χ4n) is 2.30. The molecular formula is C18H28N2O3. The standard InChI is InChI=1S/C18H28N2O3/c1-5-13(2)16(17(21)23-4)20-18(22)19-14(3)11-12-15-9-7-6-8-10-15/h6-10,13-14,16H,5,11-12H2,1-4H3,(H2,19,20,22). The number of hydrogen-bond acceptors (Lipinski definition) is 3. The fourth-order valence-corrected chi connectivity index (χ4v) is 2.30. The minimum atomic E-state index is -0.619. The van der Waals surface area contributed by atoms with Crippen molar-refractivity contribution < 1.29 is 14.3 Å². The number of aryl methyl sites for hydroxylation is 1. The van der Waals surface area contributed by atoms with Crippen molar-refractivity contribution >= 4 is 12.0 Å². The van der Waals surface area contributed by atoms with E-state index in [1.807, 2.05) is 39.0 Å². The molecule has 3 atom stereocenters. The SMILES string of the molecule is CCC(C)C(NC(=O)NC(C)CCc1ccccc1)C(=O)OC. The number of rotatable bonds is 8. The van der Waals surface area contributed by atoms with Gasteiger partial charge in [0.1, 0.15) is 6.04 Å². The van der Waals surface area contributed by atoms with E-state index in [1.54, 1.807) is 0 Å². The van der Waals surface area contributed by atoms with Crippen LogP contribution in [0.25, 0.3) is 0 Å². The van der Waals surface area contributed by atoms with Crippen LogP contribution in [0, 0.1) is 5.92 Å². The number of methoxy groups -OCH3 is 1. The Hall–Kier alpha value is -2.04. The molecule has 0 spiro atoms. The van der Waals surface area contributed by atoms with Crippen LogP contribution in [-0.2, 0) is 16.0 Å². The van der Waals surface area contributed by atoms with E-state index in [4.69, 9.17) is 4.74 Å². The van der Waals surface area contributed by atoms with Crippen LogP contribution in [0.5, 0.6) is 0 Å². The lowest BCUT2D eigenvalue weighted by Gasteiger charge is -2.23. The van der Waals surface area contributed by atoms with E-state index in [9.17, 15) is 9.59 Å². The van der Waals surface area contributed by atoms with Crippen molar-refractivity contribution in [1.29, 1.82) is 0 Å². The van der Waals surface area contributed by atoms with E-state index >= 15 is 0 Å². The third-order valence-corrected chi connectivity index (χ3v) is 4.04. The van der Waals surface area contributed by atoms with E-state index in [1.165, 1.54) is 12.7 Å². The number of urea groups is 1. The first kappa shape index (κ1) is 19.0. The number of nitrogens with one attached hydrogen (secondary N) is 2. The molecule has 2 N–H and O–H groups in total. The zero-order valence-electron chi connectivity index (χ0n) is 14.5. The van der Waals surface area contributed by atoms with Gasteiger partial charge in [0.15, 0.2) is 0 Å². The minimum Gasteiger partial charge on any atom is -0.467 e. The van der Waals surface area contributed by atoms with Crippen LogP contribution in [0.3, 0.4) is 0 Å². The second-order valence-electron chi connectivity index (χ2n) is 5.93. The second-order valence-corrected chi connectivity index (χ2v) is 5.93. The molecule has 5 heteroatoms. The average molecular weight is 320 g/mol. The number of benzene rings is 1. The number of esters is 1. The van der Waals surface area contributed by atoms with E-state index in [0.29, 0.717) is 0 Å². The van der Waals surface area contributed by atoms with Gasteiger partial charge < -0.3 is 15.4 Å². The summed E-state index contributed by atoms with van der Waals surface area (Å²) in [4.78, 5) is 23.9. The Morgan fingerprint density at radius 2 is 1.78 bits per heavy atom. The highest BCUT2D eigenvalue weighted by atomic mass is 16.5. The number of hydrogen-bond donors (Lipinski definition) is 2. The molecule has 0 aliphatic carbocycles. The zero-order chi connectivity index (χ0) is 17.2. The summed E-state index contributed by atoms with van der Waals surface area (Å²) in [6.07, 6.45) is 2.52. The normalized spacial score (nSPS) is 14.4. The Balaban J connectivity index is 2.45. The van der Waals surface area contributed by atoms with Crippen molar-refractivity contribution in [3.05, 3.63) is 35.9 Å². The molecule has 1 aromatic rings. The Labute approximate surface area is 138 Å².